The van der Waals surface area contributed by atoms with Gasteiger partial charge < -0.3 is 4.57 Å². The average molecular weight is 562 g/mol. The Bertz CT molecular complexity index is 2210. The predicted molar refractivity (Wildman–Crippen MR) is 186 cm³/mol. The highest BCUT2D eigenvalue weighted by molar-refractivity contribution is 6.10. The Labute approximate surface area is 258 Å². The van der Waals surface area contributed by atoms with E-state index >= 15 is 0 Å². The first-order chi connectivity index (χ1) is 21.8. The Balaban J connectivity index is 1.07. The topological polar surface area (TPSA) is 4.93 Å². The summed E-state index contributed by atoms with van der Waals surface area (Å²) >= 11 is 0. The second-order valence-electron chi connectivity index (χ2n) is 11.4. The summed E-state index contributed by atoms with van der Waals surface area (Å²) in [5.41, 5.74) is 13.7. The maximum absolute atomic E-state index is 2.37. The van der Waals surface area contributed by atoms with Crippen molar-refractivity contribution in [2.24, 2.45) is 0 Å². The zero-order chi connectivity index (χ0) is 29.3. The van der Waals surface area contributed by atoms with Crippen LogP contribution in [0.15, 0.2) is 176 Å². The van der Waals surface area contributed by atoms with E-state index in [9.17, 15) is 0 Å². The van der Waals surface area contributed by atoms with Crippen LogP contribution in [0.3, 0.4) is 0 Å². The van der Waals surface area contributed by atoms with E-state index in [-0.39, 0.29) is 0 Å². The molecule has 0 spiro atoms. The molecule has 0 N–H and O–H groups in total. The number of nitrogens with zero attached hydrogens (tertiary/aromatic N) is 1. The molecule has 1 nitrogen and oxygen atoms in total. The van der Waals surface area contributed by atoms with Crippen LogP contribution in [-0.4, -0.2) is 4.57 Å². The summed E-state index contributed by atoms with van der Waals surface area (Å²) in [6, 6.07) is 63.6. The molecule has 1 heteroatoms. The van der Waals surface area contributed by atoms with Gasteiger partial charge in [0.05, 0.1) is 11.0 Å². The van der Waals surface area contributed by atoms with Gasteiger partial charge in [0, 0.05) is 16.5 Å². The third-order valence-electron chi connectivity index (χ3n) is 8.64. The number of benzene rings is 7. The number of hydrogen-bond donors (Lipinski definition) is 0. The van der Waals surface area contributed by atoms with Gasteiger partial charge in [-0.2, -0.15) is 0 Å². The van der Waals surface area contributed by atoms with Gasteiger partial charge in [0.25, 0.3) is 0 Å². The molecule has 0 amide bonds. The zero-order valence-corrected chi connectivity index (χ0v) is 24.4. The first-order valence-corrected chi connectivity index (χ1v) is 15.2. The van der Waals surface area contributed by atoms with Gasteiger partial charge in [0.15, 0.2) is 0 Å². The van der Waals surface area contributed by atoms with E-state index < -0.39 is 0 Å². The van der Waals surface area contributed by atoms with Crippen molar-refractivity contribution >= 4 is 21.8 Å². The van der Waals surface area contributed by atoms with E-state index in [1.54, 1.807) is 0 Å². The highest BCUT2D eigenvalue weighted by atomic mass is 15.0. The van der Waals surface area contributed by atoms with Crippen LogP contribution < -0.4 is 0 Å². The number of aromatic nitrogens is 1. The van der Waals surface area contributed by atoms with Crippen molar-refractivity contribution < 1.29 is 0 Å². The van der Waals surface area contributed by atoms with Crippen molar-refractivity contribution in [1.82, 2.24) is 4.57 Å². The summed E-state index contributed by atoms with van der Waals surface area (Å²) in [4.78, 5) is 0. The minimum Gasteiger partial charge on any atom is -0.309 e. The Kier molecular flexibility index (Phi) is 6.62. The van der Waals surface area contributed by atoms with Gasteiger partial charge >= 0.3 is 0 Å². The second-order valence-corrected chi connectivity index (χ2v) is 11.4. The molecule has 208 valence electrons. The summed E-state index contributed by atoms with van der Waals surface area (Å²) in [7, 11) is 0. The summed E-state index contributed by atoms with van der Waals surface area (Å²) in [6.45, 7) is 0. The SMILES string of the molecule is c1ccc(-c2ccc(Cc3ccc(-c4cccc(-c5ccc6c(c5)c5ccccc5n6-c5ccccc5)c4)cc3)cc2)cc1. The molecule has 8 aromatic rings. The Morgan fingerprint density at radius 1 is 0.318 bits per heavy atom. The smallest absolute Gasteiger partial charge is 0.0541 e. The fourth-order valence-electron chi connectivity index (χ4n) is 6.38. The first-order valence-electron chi connectivity index (χ1n) is 15.2. The van der Waals surface area contributed by atoms with Gasteiger partial charge in [0.1, 0.15) is 0 Å². The third kappa shape index (κ3) is 4.89. The van der Waals surface area contributed by atoms with E-state index in [4.69, 9.17) is 0 Å². The number of fused-ring (bicyclic) bond motifs is 3. The molecule has 0 aliphatic heterocycles. The minimum atomic E-state index is 0.923. The molecule has 7 aromatic carbocycles. The molecule has 1 heterocycles. The maximum atomic E-state index is 2.37. The second kappa shape index (κ2) is 11.2. The lowest BCUT2D eigenvalue weighted by Gasteiger charge is -2.10. The van der Waals surface area contributed by atoms with Crippen LogP contribution in [0.5, 0.6) is 0 Å². The third-order valence-corrected chi connectivity index (χ3v) is 8.64. The Morgan fingerprint density at radius 3 is 1.50 bits per heavy atom. The van der Waals surface area contributed by atoms with E-state index in [1.165, 1.54) is 72.0 Å². The summed E-state index contributed by atoms with van der Waals surface area (Å²) in [6.07, 6.45) is 0.923. The molecule has 44 heavy (non-hydrogen) atoms. The van der Waals surface area contributed by atoms with Crippen LogP contribution in [0.25, 0.3) is 60.9 Å². The molecule has 0 unspecified atom stereocenters. The van der Waals surface area contributed by atoms with Gasteiger partial charge in [-0.05, 0) is 87.3 Å². The molecule has 0 bridgehead atoms. The standard InChI is InChI=1S/C43H31N/c1-3-10-33(11-4-1)34-22-18-31(19-23-34)28-32-20-24-35(25-21-32)36-12-9-13-37(29-36)38-26-27-43-41(30-38)40-16-7-8-17-42(40)44(43)39-14-5-2-6-15-39/h1-27,29-30H,28H2. The molecule has 8 rings (SSSR count). The van der Waals surface area contributed by atoms with Crippen LogP contribution in [-0.2, 0) is 6.42 Å². The molecule has 0 saturated heterocycles. The van der Waals surface area contributed by atoms with Crippen LogP contribution >= 0.6 is 0 Å². The van der Waals surface area contributed by atoms with Gasteiger partial charge in [-0.25, -0.2) is 0 Å². The summed E-state index contributed by atoms with van der Waals surface area (Å²) in [5.74, 6) is 0. The normalized spacial score (nSPS) is 11.3. The fraction of sp³-hybridized carbons (Fsp3) is 0.0233. The lowest BCUT2D eigenvalue weighted by atomic mass is 9.96. The van der Waals surface area contributed by atoms with Gasteiger partial charge in [0.2, 0.25) is 0 Å². The van der Waals surface area contributed by atoms with Crippen molar-refractivity contribution in [2.75, 3.05) is 0 Å². The fourth-order valence-corrected chi connectivity index (χ4v) is 6.38. The zero-order valence-electron chi connectivity index (χ0n) is 24.4. The van der Waals surface area contributed by atoms with Crippen molar-refractivity contribution in [3.63, 3.8) is 0 Å². The summed E-state index contributed by atoms with van der Waals surface area (Å²) < 4.78 is 2.37. The lowest BCUT2D eigenvalue weighted by molar-refractivity contribution is 1.18. The molecular weight excluding hydrogens is 530 g/mol. The monoisotopic (exact) mass is 561 g/mol. The molecule has 0 aliphatic carbocycles. The number of rotatable bonds is 6. The minimum absolute atomic E-state index is 0.923. The number of hydrogen-bond acceptors (Lipinski definition) is 0. The van der Waals surface area contributed by atoms with Crippen LogP contribution in [0, 0.1) is 0 Å². The van der Waals surface area contributed by atoms with Gasteiger partial charge in [-0.1, -0.05) is 140 Å². The van der Waals surface area contributed by atoms with E-state index in [2.05, 4.69) is 180 Å². The highest BCUT2D eigenvalue weighted by Gasteiger charge is 2.13. The number of para-hydroxylation sites is 2. The lowest BCUT2D eigenvalue weighted by Crippen LogP contribution is -1.92. The van der Waals surface area contributed by atoms with Crippen LogP contribution in [0.1, 0.15) is 11.1 Å². The van der Waals surface area contributed by atoms with Crippen molar-refractivity contribution in [3.8, 4) is 39.1 Å². The molecular formula is C43H31N. The van der Waals surface area contributed by atoms with Gasteiger partial charge in [-0.3, -0.25) is 0 Å². The molecule has 0 atom stereocenters. The van der Waals surface area contributed by atoms with Crippen molar-refractivity contribution in [2.45, 2.75) is 6.42 Å². The van der Waals surface area contributed by atoms with Gasteiger partial charge in [-0.15, -0.1) is 0 Å². The van der Waals surface area contributed by atoms with Crippen LogP contribution in [0.2, 0.25) is 0 Å². The predicted octanol–water partition coefficient (Wildman–Crippen LogP) is 11.4. The molecule has 0 fully saturated rings. The van der Waals surface area contributed by atoms with Crippen molar-refractivity contribution in [1.29, 1.82) is 0 Å². The quantitative estimate of drug-likeness (QED) is 0.190. The average Bonchev–Trinajstić information content (AvgIpc) is 3.43. The largest absolute Gasteiger partial charge is 0.309 e. The summed E-state index contributed by atoms with van der Waals surface area (Å²) in [5, 5.41) is 2.54. The first kappa shape index (κ1) is 26.0. The molecule has 0 saturated carbocycles. The van der Waals surface area contributed by atoms with E-state index in [1.807, 2.05) is 0 Å². The molecule has 1 aromatic heterocycles. The van der Waals surface area contributed by atoms with E-state index in [0.717, 1.165) is 6.42 Å². The van der Waals surface area contributed by atoms with Crippen molar-refractivity contribution in [3.05, 3.63) is 187 Å². The van der Waals surface area contributed by atoms with E-state index in [0.29, 0.717) is 0 Å². The Hall–Kier alpha value is -5.66. The Morgan fingerprint density at radius 2 is 0.795 bits per heavy atom. The molecule has 0 radical (unpaired) electrons. The van der Waals surface area contributed by atoms with Crippen LogP contribution in [0.4, 0.5) is 0 Å². The maximum Gasteiger partial charge on any atom is 0.0541 e. The highest BCUT2D eigenvalue weighted by Crippen LogP contribution is 2.35. The molecule has 0 aliphatic rings.